The van der Waals surface area contributed by atoms with Crippen molar-refractivity contribution in [1.82, 2.24) is 5.32 Å². The molecule has 3 N–H and O–H groups in total. The highest BCUT2D eigenvalue weighted by Crippen LogP contribution is 2.34. The highest BCUT2D eigenvalue weighted by atomic mass is 19.4. The predicted molar refractivity (Wildman–Crippen MR) is 67.3 cm³/mol. The lowest BCUT2D eigenvalue weighted by atomic mass is 9.80. The van der Waals surface area contributed by atoms with Crippen LogP contribution in [-0.4, -0.2) is 72.1 Å². The summed E-state index contributed by atoms with van der Waals surface area (Å²) in [6.07, 6.45) is -14.5. The molecule has 0 aromatic heterocycles. The van der Waals surface area contributed by atoms with Crippen LogP contribution in [0.1, 0.15) is 6.42 Å². The molecule has 0 bridgehead atoms. The molecule has 13 heteroatoms. The number of alkyl halides is 6. The van der Waals surface area contributed by atoms with Crippen molar-refractivity contribution in [3.05, 3.63) is 0 Å². The van der Waals surface area contributed by atoms with Gasteiger partial charge in [0.05, 0.1) is 6.04 Å². The smallest absolute Gasteiger partial charge is 0.460 e. The first-order valence-electron chi connectivity index (χ1n) is 7.03. The van der Waals surface area contributed by atoms with Crippen molar-refractivity contribution in [2.24, 2.45) is 10.9 Å². The van der Waals surface area contributed by atoms with E-state index >= 15 is 0 Å². The zero-order chi connectivity index (χ0) is 19.0. The molecule has 5 atom stereocenters. The molecular weight excluding hydrogens is 366 g/mol. The van der Waals surface area contributed by atoms with E-state index in [9.17, 15) is 41.4 Å². The van der Waals surface area contributed by atoms with Crippen LogP contribution < -0.4 is 5.32 Å². The Hall–Kier alpha value is -1.76. The van der Waals surface area contributed by atoms with E-state index in [4.69, 9.17) is 4.74 Å². The van der Waals surface area contributed by atoms with Gasteiger partial charge in [-0.1, -0.05) is 0 Å². The summed E-state index contributed by atoms with van der Waals surface area (Å²) in [6, 6.07) is -1.67. The van der Waals surface area contributed by atoms with Gasteiger partial charge in [0.1, 0.15) is 24.9 Å². The summed E-state index contributed by atoms with van der Waals surface area (Å²) in [5.74, 6) is -3.63. The summed E-state index contributed by atoms with van der Waals surface area (Å²) in [5.41, 5.74) is 0. The number of nitrogens with one attached hydrogen (secondary N) is 1. The summed E-state index contributed by atoms with van der Waals surface area (Å²) in [6.45, 7) is -2.28. The minimum atomic E-state index is -5.30. The first-order valence-corrected chi connectivity index (χ1v) is 7.03. The zero-order valence-corrected chi connectivity index (χ0v) is 12.3. The number of rotatable bonds is 3. The van der Waals surface area contributed by atoms with Gasteiger partial charge in [0.25, 0.3) is 6.02 Å². The molecule has 0 radical (unpaired) electrons. The van der Waals surface area contributed by atoms with Gasteiger partial charge in [0, 0.05) is 12.5 Å². The summed E-state index contributed by atoms with van der Waals surface area (Å²) in [5, 5.41) is 21.7. The number of amidine groups is 1. The molecule has 7 nitrogen and oxygen atoms in total. The first-order chi connectivity index (χ1) is 11.4. The largest absolute Gasteiger partial charge is 0.490 e. The van der Waals surface area contributed by atoms with Crippen LogP contribution in [-0.2, 0) is 14.3 Å². The second-order valence-electron chi connectivity index (χ2n) is 5.60. The van der Waals surface area contributed by atoms with Crippen molar-refractivity contribution in [3.63, 3.8) is 0 Å². The van der Waals surface area contributed by atoms with Crippen LogP contribution in [0.5, 0.6) is 0 Å². The number of carbonyl (C=O) groups is 1. The molecule has 0 amide bonds. The zero-order valence-electron chi connectivity index (χ0n) is 12.3. The van der Waals surface area contributed by atoms with E-state index < -0.39 is 67.8 Å². The Kier molecular flexibility index (Phi) is 5.37. The lowest BCUT2D eigenvalue weighted by Gasteiger charge is -2.39. The van der Waals surface area contributed by atoms with Crippen molar-refractivity contribution < 1.29 is 50.8 Å². The van der Waals surface area contributed by atoms with E-state index in [0.717, 1.165) is 0 Å². The van der Waals surface area contributed by atoms with E-state index in [1.54, 1.807) is 0 Å². The number of esters is 1. The minimum Gasteiger partial charge on any atom is -0.460 e. The average Bonchev–Trinajstić information content (AvgIpc) is 2.89. The van der Waals surface area contributed by atoms with Crippen molar-refractivity contribution in [3.8, 4) is 0 Å². The molecule has 0 aromatic carbocycles. The van der Waals surface area contributed by atoms with Crippen LogP contribution in [0.25, 0.3) is 0 Å². The van der Waals surface area contributed by atoms with E-state index in [2.05, 4.69) is 15.0 Å². The molecule has 2 fully saturated rings. The molecular formula is C12H14F6N2O5. The molecule has 1 saturated carbocycles. The second kappa shape index (κ2) is 6.86. The van der Waals surface area contributed by atoms with Crippen molar-refractivity contribution in [2.45, 2.75) is 43.1 Å². The lowest BCUT2D eigenvalue weighted by molar-refractivity contribution is -0.218. The minimum absolute atomic E-state index is 0.161. The number of halogens is 6. The third kappa shape index (κ3) is 4.66. The summed E-state index contributed by atoms with van der Waals surface area (Å²) < 4.78 is 82.7. The normalized spacial score (nSPS) is 34.2. The van der Waals surface area contributed by atoms with Gasteiger partial charge in [0.2, 0.25) is 0 Å². The Bertz CT molecular complexity index is 537. The van der Waals surface area contributed by atoms with Gasteiger partial charge in [-0.25, -0.2) is 9.79 Å². The molecule has 144 valence electrons. The van der Waals surface area contributed by atoms with Gasteiger partial charge in [-0.2, -0.15) is 26.3 Å². The number of aliphatic hydroxyl groups is 2. The standard InChI is InChI=1S/C12H14F6N2O5/c13-11(14,15)3-19-10-20-6-5(24-10)1-4(2-21)8(7(6)22)25-9(23)12(16,17)18/h4-8,21-22H,1-3H2,(H,19,20)/t4-,5+,6+,7-,8-/m1/s1. The number of hydrogen-bond acceptors (Lipinski definition) is 6. The molecule has 1 heterocycles. The fourth-order valence-corrected chi connectivity index (χ4v) is 2.68. The van der Waals surface area contributed by atoms with Crippen LogP contribution in [0.2, 0.25) is 0 Å². The maximum absolute atomic E-state index is 12.3. The van der Waals surface area contributed by atoms with Gasteiger partial charge >= 0.3 is 18.3 Å². The number of aliphatic hydroxyl groups excluding tert-OH is 2. The fourth-order valence-electron chi connectivity index (χ4n) is 2.68. The molecule has 1 aliphatic heterocycles. The van der Waals surface area contributed by atoms with Crippen LogP contribution in [0, 0.1) is 5.92 Å². The van der Waals surface area contributed by atoms with E-state index in [1.165, 1.54) is 0 Å². The number of fused-ring (bicyclic) bond motifs is 1. The van der Waals surface area contributed by atoms with E-state index in [1.807, 2.05) is 0 Å². The molecule has 25 heavy (non-hydrogen) atoms. The maximum Gasteiger partial charge on any atom is 0.490 e. The SMILES string of the molecule is O=C(O[C@@H]1[C@@H](CO)C[C@@H]2OC(=NCC(F)(F)F)N[C@@H]2[C@H]1O)C(F)(F)F. The highest BCUT2D eigenvalue weighted by molar-refractivity contribution is 5.77. The summed E-state index contributed by atoms with van der Waals surface area (Å²) in [7, 11) is 0. The number of carbonyl (C=O) groups excluding carboxylic acids is 1. The third-order valence-electron chi connectivity index (χ3n) is 3.77. The Morgan fingerprint density at radius 3 is 2.48 bits per heavy atom. The van der Waals surface area contributed by atoms with Gasteiger partial charge in [-0.15, -0.1) is 0 Å². The van der Waals surface area contributed by atoms with Crippen LogP contribution in [0.15, 0.2) is 4.99 Å². The number of aliphatic imine (C=N–C) groups is 1. The van der Waals surface area contributed by atoms with E-state index in [-0.39, 0.29) is 6.42 Å². The molecule has 0 spiro atoms. The molecule has 0 unspecified atom stereocenters. The van der Waals surface area contributed by atoms with E-state index in [0.29, 0.717) is 0 Å². The van der Waals surface area contributed by atoms with Gasteiger partial charge < -0.3 is 25.0 Å². The predicted octanol–water partition coefficient (Wildman–Crippen LogP) is 0.109. The van der Waals surface area contributed by atoms with Crippen LogP contribution in [0.4, 0.5) is 26.3 Å². The van der Waals surface area contributed by atoms with Crippen LogP contribution in [0.3, 0.4) is 0 Å². The van der Waals surface area contributed by atoms with Crippen LogP contribution >= 0.6 is 0 Å². The Labute approximate surface area is 136 Å². The van der Waals surface area contributed by atoms with Gasteiger partial charge in [-0.3, -0.25) is 0 Å². The first kappa shape index (κ1) is 19.6. The number of nitrogens with zero attached hydrogens (tertiary/aromatic N) is 1. The van der Waals surface area contributed by atoms with Crippen molar-refractivity contribution in [1.29, 1.82) is 0 Å². The molecule has 2 rings (SSSR count). The quantitative estimate of drug-likeness (QED) is 0.475. The number of hydrogen-bond donors (Lipinski definition) is 3. The second-order valence-corrected chi connectivity index (χ2v) is 5.60. The molecule has 1 aliphatic carbocycles. The third-order valence-corrected chi connectivity index (χ3v) is 3.77. The van der Waals surface area contributed by atoms with Crippen molar-refractivity contribution >= 4 is 12.0 Å². The summed E-state index contributed by atoms with van der Waals surface area (Å²) in [4.78, 5) is 14.1. The lowest BCUT2D eigenvalue weighted by Crippen LogP contribution is -2.58. The summed E-state index contributed by atoms with van der Waals surface area (Å²) >= 11 is 0. The molecule has 2 aliphatic rings. The topological polar surface area (TPSA) is 100 Å². The Morgan fingerprint density at radius 2 is 1.96 bits per heavy atom. The Morgan fingerprint density at radius 1 is 1.32 bits per heavy atom. The Balaban J connectivity index is 2.11. The average molecular weight is 380 g/mol. The fraction of sp³-hybridized carbons (Fsp3) is 0.833. The molecule has 0 aromatic rings. The highest BCUT2D eigenvalue weighted by Gasteiger charge is 2.53. The van der Waals surface area contributed by atoms with Gasteiger partial charge in [0.15, 0.2) is 0 Å². The molecule has 1 saturated heterocycles. The van der Waals surface area contributed by atoms with Gasteiger partial charge in [-0.05, 0) is 6.42 Å². The monoisotopic (exact) mass is 380 g/mol. The maximum atomic E-state index is 12.3. The number of ether oxygens (including phenoxy) is 2. The van der Waals surface area contributed by atoms with Crippen molar-refractivity contribution in [2.75, 3.05) is 13.2 Å².